The van der Waals surface area contributed by atoms with Gasteiger partial charge in [0.05, 0.1) is 103 Å². The molecule has 0 radical (unpaired) electrons. The van der Waals surface area contributed by atoms with Crippen molar-refractivity contribution in [3.05, 3.63) is 364 Å². The minimum Gasteiger partial charge on any atom is -0.466 e. The number of ether oxygens (including phenoxy) is 3. The maximum absolute atomic E-state index is 13.6. The number of nitrogens with zero attached hydrogens (tertiary/aromatic N) is 6. The Bertz CT molecular complexity index is 6110. The molecule has 7 amide bonds. The SMILES string of the molecule is C=C(C)CC1(O)C(=O)N(Cc2ccc(CN3C(=O)C(O)(CC(=C)C(=O)OC)c4ccccc43)cc2)c2ccccc21.C=C1CC2(OC1=O)C(=O)N(Cc1ccc(CN3C(=O)C4(CC(=C)C(=O)O4)c4ccccc43)cc1)c1ccccc12.O=C1C(=O)N(Cc2ccc(CN3C(=O)C(=O)c4ccccc43)cc2)c2ccccc21.O=C1Nc2ccccc2C1=O.O=C=O. The predicted molar refractivity (Wildman–Crippen MR) is 454 cm³/mol. The number of aliphatic hydroxyl groups is 2. The molecular weight excluding hydrogens is 1600 g/mol. The third kappa shape index (κ3) is 15.2. The van der Waals surface area contributed by atoms with Crippen LogP contribution >= 0.6 is 0 Å². The van der Waals surface area contributed by atoms with E-state index in [0.717, 1.165) is 33.4 Å². The first-order chi connectivity index (χ1) is 60.0. The van der Waals surface area contributed by atoms with E-state index in [2.05, 4.69) is 31.6 Å². The first-order valence-electron chi connectivity index (χ1n) is 39.4. The van der Waals surface area contributed by atoms with Crippen LogP contribution in [0.3, 0.4) is 0 Å². The molecule has 0 bridgehead atoms. The number of hydrogen-bond donors (Lipinski definition) is 3. The van der Waals surface area contributed by atoms with Crippen molar-refractivity contribution in [1.29, 1.82) is 0 Å². The first kappa shape index (κ1) is 84.2. The van der Waals surface area contributed by atoms with Crippen LogP contribution in [-0.4, -0.2) is 100 Å². The number of anilines is 7. The minimum atomic E-state index is -1.94. The summed E-state index contributed by atoms with van der Waals surface area (Å²) in [5.74, 6) is -6.32. The van der Waals surface area contributed by atoms with Crippen LogP contribution in [0, 0.1) is 0 Å². The molecule has 0 aliphatic carbocycles. The summed E-state index contributed by atoms with van der Waals surface area (Å²) < 4.78 is 15.9. The van der Waals surface area contributed by atoms with Crippen molar-refractivity contribution in [2.45, 2.75) is 94.3 Å². The molecule has 2 fully saturated rings. The molecule has 10 aromatic carbocycles. The summed E-state index contributed by atoms with van der Waals surface area (Å²) >= 11 is 0. The van der Waals surface area contributed by atoms with Gasteiger partial charge in [0, 0.05) is 64.7 Å². The average molecular weight is 1670 g/mol. The number of ketones is 3. The predicted octanol–water partition coefficient (Wildman–Crippen LogP) is 11.8. The Morgan fingerprint density at radius 2 is 0.680 bits per heavy atom. The Morgan fingerprint density at radius 3 is 1.01 bits per heavy atom. The molecule has 624 valence electrons. The molecule has 9 aliphatic heterocycles. The average Bonchev–Trinajstić information content (AvgIpc) is 1.80. The molecule has 4 unspecified atom stereocenters. The summed E-state index contributed by atoms with van der Waals surface area (Å²) in [6.45, 7) is 18.5. The zero-order valence-corrected chi connectivity index (χ0v) is 67.4. The highest BCUT2D eigenvalue weighted by Crippen LogP contribution is 2.53. The summed E-state index contributed by atoms with van der Waals surface area (Å²) in [7, 11) is 1.22. The summed E-state index contributed by atoms with van der Waals surface area (Å²) in [6, 6.07) is 72.2. The van der Waals surface area contributed by atoms with Gasteiger partial charge in [0.2, 0.25) is 11.2 Å². The van der Waals surface area contributed by atoms with Crippen molar-refractivity contribution in [2.24, 2.45) is 0 Å². The fourth-order valence-corrected chi connectivity index (χ4v) is 17.0. The van der Waals surface area contributed by atoms with Crippen molar-refractivity contribution in [1.82, 2.24) is 0 Å². The van der Waals surface area contributed by atoms with Crippen molar-refractivity contribution in [2.75, 3.05) is 41.8 Å². The Morgan fingerprint density at radius 1 is 0.392 bits per heavy atom. The fraction of sp³-hybridized carbons (Fsp3) is 0.163. The third-order valence-electron chi connectivity index (χ3n) is 23.0. The van der Waals surface area contributed by atoms with Crippen LogP contribution in [-0.2, 0) is 133 Å². The lowest BCUT2D eigenvalue weighted by Crippen LogP contribution is -2.41. The molecule has 2 saturated heterocycles. The van der Waals surface area contributed by atoms with Crippen LogP contribution in [0.2, 0.25) is 0 Å². The normalized spacial score (nSPS) is 19.8. The Labute approximate surface area is 714 Å². The second-order valence-electron chi connectivity index (χ2n) is 31.1. The molecule has 9 heterocycles. The van der Waals surface area contributed by atoms with E-state index in [1.165, 1.54) is 21.8 Å². The number of fused-ring (bicyclic) bond motifs is 9. The number of methoxy groups -OCH3 is 1. The molecule has 10 aromatic rings. The van der Waals surface area contributed by atoms with E-state index in [-0.39, 0.29) is 99.6 Å². The zero-order chi connectivity index (χ0) is 88.7. The van der Waals surface area contributed by atoms with Crippen LogP contribution in [0.4, 0.5) is 39.8 Å². The van der Waals surface area contributed by atoms with Crippen molar-refractivity contribution >= 4 is 123 Å². The van der Waals surface area contributed by atoms with Gasteiger partial charge in [-0.3, -0.25) is 47.9 Å². The van der Waals surface area contributed by atoms with E-state index in [0.29, 0.717) is 84.3 Å². The molecule has 3 N–H and O–H groups in total. The molecule has 0 saturated carbocycles. The number of hydrogen-bond acceptors (Lipinski definition) is 20. The summed E-state index contributed by atoms with van der Waals surface area (Å²) in [5, 5.41) is 25.3. The number of rotatable bonds is 17. The highest BCUT2D eigenvalue weighted by Gasteiger charge is 2.60. The quantitative estimate of drug-likeness (QED) is 0.0251. The molecule has 125 heavy (non-hydrogen) atoms. The molecule has 0 aromatic heterocycles. The Hall–Kier alpha value is -15.8. The van der Waals surface area contributed by atoms with Gasteiger partial charge in [-0.1, -0.05) is 207 Å². The van der Waals surface area contributed by atoms with E-state index in [9.17, 15) is 72.5 Å². The zero-order valence-electron chi connectivity index (χ0n) is 67.4. The van der Waals surface area contributed by atoms with Crippen molar-refractivity contribution in [3.63, 3.8) is 0 Å². The van der Waals surface area contributed by atoms with E-state index >= 15 is 0 Å². The highest BCUT2D eigenvalue weighted by molar-refractivity contribution is 6.53. The molecule has 19 rings (SSSR count). The van der Waals surface area contributed by atoms with Crippen LogP contribution in [0.1, 0.15) is 119 Å². The number of carbonyl (C=O) groups is 13. The van der Waals surface area contributed by atoms with E-state index in [1.807, 2.05) is 133 Å². The molecule has 4 atom stereocenters. The number of amides is 7. The number of Topliss-reactive ketones (excluding diaryl/α,β-unsaturated/α-hetero) is 3. The fourth-order valence-electron chi connectivity index (χ4n) is 17.0. The summed E-state index contributed by atoms with van der Waals surface area (Å²) in [4.78, 5) is 187. The van der Waals surface area contributed by atoms with Gasteiger partial charge in [-0.2, -0.15) is 9.59 Å². The van der Waals surface area contributed by atoms with Crippen LogP contribution < -0.4 is 34.7 Å². The Balaban J connectivity index is 0.000000135. The van der Waals surface area contributed by atoms with E-state index < -0.39 is 87.2 Å². The van der Waals surface area contributed by atoms with Gasteiger partial charge in [-0.25, -0.2) is 14.4 Å². The second kappa shape index (κ2) is 33.6. The highest BCUT2D eigenvalue weighted by atomic mass is 16.6. The van der Waals surface area contributed by atoms with Crippen molar-refractivity contribution < 1.29 is 96.3 Å². The molecular formula is C98H77N7O20. The van der Waals surface area contributed by atoms with E-state index in [1.54, 1.807) is 131 Å². The Kier molecular flexibility index (Phi) is 22.7. The number of para-hydroxylation sites is 7. The van der Waals surface area contributed by atoms with Crippen LogP contribution in [0.15, 0.2) is 291 Å². The molecule has 9 aliphatic rings. The van der Waals surface area contributed by atoms with Gasteiger partial charge >= 0.3 is 24.1 Å². The molecule has 27 nitrogen and oxygen atoms in total. The van der Waals surface area contributed by atoms with Crippen molar-refractivity contribution in [3.8, 4) is 0 Å². The smallest absolute Gasteiger partial charge is 0.373 e. The monoisotopic (exact) mass is 1670 g/mol. The van der Waals surface area contributed by atoms with Gasteiger partial charge in [0.1, 0.15) is 0 Å². The summed E-state index contributed by atoms with van der Waals surface area (Å²) in [5.41, 5.74) is 8.18. The topological polar surface area (TPSA) is 356 Å². The van der Waals surface area contributed by atoms with Gasteiger partial charge in [-0.05, 0) is 101 Å². The second-order valence-corrected chi connectivity index (χ2v) is 31.1. The van der Waals surface area contributed by atoms with E-state index in [4.69, 9.17) is 23.8 Å². The third-order valence-corrected chi connectivity index (χ3v) is 23.0. The van der Waals surface area contributed by atoms with Crippen LogP contribution in [0.25, 0.3) is 0 Å². The number of carbonyl (C=O) groups excluding carboxylic acids is 15. The standard InChI is InChI=1S/C33H32N2O6.C32H24N2O6.C24H16N2O4.C8H5NO2.CO2/c1-21(2)17-32(39)25-9-5-7-11-27(25)34(30(32)37)19-23-13-15-24(16-14-23)20-35-28-12-8-6-10-26(28)33(40,31(35)38)18-22(3)29(36)41-4;1-19-15-31(39-27(19)35)23-7-3-5-9-25(23)33(29(31)37)17-21-11-13-22(14-12-21)18-34-26-10-6-4-8-24(26)32(30(34)38)16-20(2)28(36)40-32;27-21-17-5-1-3-7-19(17)25(23(21)29)13-15-9-11-16(12-10-15)14-26-20-8-4-2-6-18(20)22(28)24(26)30;10-7-5-3-1-2-4-6(5)9-8(7)11;2-1-3/h5-16,39-40H,1,3,17-20H2,2,4H3;3-14H,1-2,15-18H2;1-12H,13-14H2;1-4H,(H,9,10,11);. The van der Waals surface area contributed by atoms with Crippen LogP contribution in [0.5, 0.6) is 0 Å². The molecule has 27 heteroatoms. The largest absolute Gasteiger partial charge is 0.466 e. The first-order valence-corrected chi connectivity index (χ1v) is 39.4. The van der Waals surface area contributed by atoms with Gasteiger partial charge < -0.3 is 59.1 Å². The number of esters is 3. The molecule has 2 spiro atoms. The van der Waals surface area contributed by atoms with Gasteiger partial charge in [0.15, 0.2) is 11.2 Å². The lowest BCUT2D eigenvalue weighted by molar-refractivity contribution is -0.192. The lowest BCUT2D eigenvalue weighted by Gasteiger charge is -2.24. The minimum absolute atomic E-state index is 0.00228. The maximum atomic E-state index is 13.6. The van der Waals surface area contributed by atoms with Gasteiger partial charge in [-0.15, -0.1) is 6.58 Å². The lowest BCUT2D eigenvalue weighted by atomic mass is 9.88. The van der Waals surface area contributed by atoms with Gasteiger partial charge in [0.25, 0.3) is 58.7 Å². The summed E-state index contributed by atoms with van der Waals surface area (Å²) in [6.07, 6.45) is 0.371. The maximum Gasteiger partial charge on any atom is 0.373 e. The number of benzene rings is 10. The number of nitrogens with one attached hydrogen (secondary N) is 1.